The average molecular weight is 283 g/mol. The zero-order chi connectivity index (χ0) is 15.1. The number of nitrogens with zero attached hydrogens (tertiary/aromatic N) is 2. The van der Waals surface area contributed by atoms with Crippen LogP contribution in [0.3, 0.4) is 0 Å². The molecule has 1 fully saturated rings. The van der Waals surface area contributed by atoms with Crippen molar-refractivity contribution in [1.29, 1.82) is 0 Å². The molecule has 0 bridgehead atoms. The third-order valence-corrected chi connectivity index (χ3v) is 3.66. The highest BCUT2D eigenvalue weighted by Crippen LogP contribution is 2.10. The number of nitrogens with two attached hydrogens (primary N) is 1. The van der Waals surface area contributed by atoms with E-state index < -0.39 is 0 Å². The summed E-state index contributed by atoms with van der Waals surface area (Å²) in [5.41, 5.74) is 5.91. The van der Waals surface area contributed by atoms with Crippen LogP contribution in [0.15, 0.2) is 0 Å². The van der Waals surface area contributed by atoms with Crippen LogP contribution in [-0.2, 0) is 9.59 Å². The zero-order valence-electron chi connectivity index (χ0n) is 13.1. The number of rotatable bonds is 6. The Kier molecular flexibility index (Phi) is 6.99. The minimum atomic E-state index is -0.0342. The van der Waals surface area contributed by atoms with Gasteiger partial charge in [-0.05, 0) is 12.3 Å². The molecule has 20 heavy (non-hydrogen) atoms. The smallest absolute Gasteiger partial charge is 0.224 e. The van der Waals surface area contributed by atoms with Gasteiger partial charge in [-0.3, -0.25) is 9.59 Å². The van der Waals surface area contributed by atoms with Crippen molar-refractivity contribution in [3.8, 4) is 0 Å². The molecule has 0 aromatic rings. The summed E-state index contributed by atoms with van der Waals surface area (Å²) < 4.78 is 0. The molecule has 5 heteroatoms. The normalized spacial score (nSPS) is 17.4. The lowest BCUT2D eigenvalue weighted by Gasteiger charge is -2.35. The maximum Gasteiger partial charge on any atom is 0.224 e. The van der Waals surface area contributed by atoms with Crippen LogP contribution in [0.4, 0.5) is 0 Å². The van der Waals surface area contributed by atoms with Gasteiger partial charge in [-0.25, -0.2) is 0 Å². The van der Waals surface area contributed by atoms with Crippen molar-refractivity contribution in [2.24, 2.45) is 11.7 Å². The first-order valence-corrected chi connectivity index (χ1v) is 7.75. The maximum absolute atomic E-state index is 12.1. The molecule has 1 aliphatic rings. The van der Waals surface area contributed by atoms with Gasteiger partial charge in [0, 0.05) is 45.1 Å². The number of carbonyl (C=O) groups excluding carboxylic acids is 2. The molecule has 1 aliphatic heterocycles. The van der Waals surface area contributed by atoms with Crippen molar-refractivity contribution < 1.29 is 9.59 Å². The summed E-state index contributed by atoms with van der Waals surface area (Å²) >= 11 is 0. The van der Waals surface area contributed by atoms with E-state index >= 15 is 0 Å². The van der Waals surface area contributed by atoms with Crippen LogP contribution in [0, 0.1) is 5.92 Å². The van der Waals surface area contributed by atoms with Gasteiger partial charge in [-0.15, -0.1) is 0 Å². The van der Waals surface area contributed by atoms with E-state index in [1.807, 2.05) is 23.6 Å². The van der Waals surface area contributed by atoms with E-state index in [0.717, 1.165) is 12.8 Å². The highest BCUT2D eigenvalue weighted by molar-refractivity contribution is 5.78. The van der Waals surface area contributed by atoms with E-state index in [0.29, 0.717) is 44.9 Å². The van der Waals surface area contributed by atoms with Crippen molar-refractivity contribution in [3.63, 3.8) is 0 Å². The van der Waals surface area contributed by atoms with Crippen molar-refractivity contribution >= 4 is 11.8 Å². The molecule has 5 nitrogen and oxygen atoms in total. The lowest BCUT2D eigenvalue weighted by molar-refractivity contribution is -0.140. The Bertz CT molecular complexity index is 323. The molecule has 116 valence electrons. The third-order valence-electron chi connectivity index (χ3n) is 3.66. The Labute approximate surface area is 122 Å². The van der Waals surface area contributed by atoms with Gasteiger partial charge in [0.1, 0.15) is 0 Å². The fraction of sp³-hybridized carbons (Fsp3) is 0.867. The van der Waals surface area contributed by atoms with Crippen LogP contribution >= 0.6 is 0 Å². The molecule has 0 saturated carbocycles. The monoisotopic (exact) mass is 283 g/mol. The Balaban J connectivity index is 2.34. The fourth-order valence-electron chi connectivity index (χ4n) is 2.51. The first-order valence-electron chi connectivity index (χ1n) is 7.75. The molecule has 0 aromatic heterocycles. The van der Waals surface area contributed by atoms with Gasteiger partial charge in [-0.2, -0.15) is 0 Å². The molecule has 2 N–H and O–H groups in total. The summed E-state index contributed by atoms with van der Waals surface area (Å²) in [6.07, 6.45) is 2.91. The lowest BCUT2D eigenvalue weighted by atomic mass is 10.1. The van der Waals surface area contributed by atoms with Crippen LogP contribution in [0.25, 0.3) is 0 Å². The van der Waals surface area contributed by atoms with Crippen molar-refractivity contribution in [2.75, 3.05) is 26.2 Å². The van der Waals surface area contributed by atoms with E-state index in [-0.39, 0.29) is 17.9 Å². The molecule has 0 aromatic carbocycles. The largest absolute Gasteiger partial charge is 0.339 e. The zero-order valence-corrected chi connectivity index (χ0v) is 13.1. The Morgan fingerprint density at radius 2 is 1.45 bits per heavy atom. The van der Waals surface area contributed by atoms with Crippen LogP contribution in [-0.4, -0.2) is 53.8 Å². The van der Waals surface area contributed by atoms with Crippen molar-refractivity contribution in [1.82, 2.24) is 9.80 Å². The summed E-state index contributed by atoms with van der Waals surface area (Å²) in [6, 6.07) is -0.0342. The van der Waals surface area contributed by atoms with Gasteiger partial charge in [-0.1, -0.05) is 27.2 Å². The minimum absolute atomic E-state index is 0.0342. The topological polar surface area (TPSA) is 66.6 Å². The second-order valence-corrected chi connectivity index (χ2v) is 6.11. The Hall–Kier alpha value is -1.10. The van der Waals surface area contributed by atoms with Gasteiger partial charge in [0.25, 0.3) is 0 Å². The molecule has 1 saturated heterocycles. The molecule has 0 aliphatic carbocycles. The highest BCUT2D eigenvalue weighted by Gasteiger charge is 2.24. The number of piperazine rings is 1. The van der Waals surface area contributed by atoms with Crippen molar-refractivity contribution in [3.05, 3.63) is 0 Å². The van der Waals surface area contributed by atoms with Gasteiger partial charge < -0.3 is 15.5 Å². The van der Waals surface area contributed by atoms with Crippen LogP contribution in [0.2, 0.25) is 0 Å². The quantitative estimate of drug-likeness (QED) is 0.797. The standard InChI is InChI=1S/C15H29N3O2/c1-4-5-13(16)11-15(20)18-8-6-17(7-9-18)14(19)10-12(2)3/h12-13H,4-11,16H2,1-3H3. The van der Waals surface area contributed by atoms with Crippen LogP contribution in [0.1, 0.15) is 46.5 Å². The third kappa shape index (κ3) is 5.49. The number of hydrogen-bond donors (Lipinski definition) is 1. The average Bonchev–Trinajstić information content (AvgIpc) is 2.38. The van der Waals surface area contributed by atoms with Crippen molar-refractivity contribution in [2.45, 2.75) is 52.5 Å². The van der Waals surface area contributed by atoms with E-state index in [9.17, 15) is 9.59 Å². The minimum Gasteiger partial charge on any atom is -0.339 e. The van der Waals surface area contributed by atoms with E-state index in [4.69, 9.17) is 5.73 Å². The fourth-order valence-corrected chi connectivity index (χ4v) is 2.51. The predicted octanol–water partition coefficient (Wildman–Crippen LogP) is 1.22. The molecule has 2 amide bonds. The summed E-state index contributed by atoms with van der Waals surface area (Å²) in [6.45, 7) is 8.76. The molecular weight excluding hydrogens is 254 g/mol. The Morgan fingerprint density at radius 1 is 1.00 bits per heavy atom. The summed E-state index contributed by atoms with van der Waals surface area (Å²) in [7, 11) is 0. The number of amides is 2. The molecule has 1 atom stereocenters. The van der Waals surface area contributed by atoms with Gasteiger partial charge in [0.2, 0.25) is 11.8 Å². The number of carbonyl (C=O) groups is 2. The summed E-state index contributed by atoms with van der Waals surface area (Å²) in [4.78, 5) is 27.7. The molecule has 1 unspecified atom stereocenters. The molecule has 1 heterocycles. The molecule has 0 spiro atoms. The molecule has 0 radical (unpaired) electrons. The van der Waals surface area contributed by atoms with Crippen LogP contribution in [0.5, 0.6) is 0 Å². The maximum atomic E-state index is 12.1. The van der Waals surface area contributed by atoms with Crippen LogP contribution < -0.4 is 5.73 Å². The highest BCUT2D eigenvalue weighted by atomic mass is 16.2. The number of hydrogen-bond acceptors (Lipinski definition) is 3. The van der Waals surface area contributed by atoms with Gasteiger partial charge >= 0.3 is 0 Å². The second-order valence-electron chi connectivity index (χ2n) is 6.11. The lowest BCUT2D eigenvalue weighted by Crippen LogP contribution is -2.51. The molecule has 1 rings (SSSR count). The first kappa shape index (κ1) is 17.0. The van der Waals surface area contributed by atoms with E-state index in [2.05, 4.69) is 6.92 Å². The van der Waals surface area contributed by atoms with Gasteiger partial charge in [0.15, 0.2) is 0 Å². The van der Waals surface area contributed by atoms with Gasteiger partial charge in [0.05, 0.1) is 0 Å². The van der Waals surface area contributed by atoms with E-state index in [1.54, 1.807) is 0 Å². The Morgan fingerprint density at radius 3 is 1.85 bits per heavy atom. The van der Waals surface area contributed by atoms with E-state index in [1.165, 1.54) is 0 Å². The molecular formula is C15H29N3O2. The predicted molar refractivity (Wildman–Crippen MR) is 80.1 cm³/mol. The first-order chi connectivity index (χ1) is 9.43. The SMILES string of the molecule is CCCC(N)CC(=O)N1CCN(C(=O)CC(C)C)CC1. The summed E-state index contributed by atoms with van der Waals surface area (Å²) in [5, 5.41) is 0. The second kappa shape index (κ2) is 8.25. The summed E-state index contributed by atoms with van der Waals surface area (Å²) in [5.74, 6) is 0.714.